The van der Waals surface area contributed by atoms with E-state index in [9.17, 15) is 13.5 Å². The highest BCUT2D eigenvalue weighted by atomic mass is 32.2. The summed E-state index contributed by atoms with van der Waals surface area (Å²) in [6.07, 6.45) is 1.75. The molecule has 0 amide bonds. The number of benzene rings is 1. The molecular formula is C14H21NO3S2. The Morgan fingerprint density at radius 1 is 1.30 bits per heavy atom. The van der Waals surface area contributed by atoms with E-state index in [-0.39, 0.29) is 12.6 Å². The highest BCUT2D eigenvalue weighted by Crippen LogP contribution is 2.24. The molecule has 0 spiro atoms. The van der Waals surface area contributed by atoms with Crippen LogP contribution in [0.15, 0.2) is 17.0 Å². The van der Waals surface area contributed by atoms with Gasteiger partial charge in [0.05, 0.1) is 11.5 Å². The summed E-state index contributed by atoms with van der Waals surface area (Å²) in [7, 11) is -3.52. The second-order valence-electron chi connectivity index (χ2n) is 5.20. The van der Waals surface area contributed by atoms with Crippen LogP contribution >= 0.6 is 11.8 Å². The normalized spacial score (nSPS) is 17.4. The molecule has 0 radical (unpaired) electrons. The van der Waals surface area contributed by atoms with Gasteiger partial charge in [0, 0.05) is 6.04 Å². The molecule has 0 aromatic heterocycles. The van der Waals surface area contributed by atoms with E-state index in [1.165, 1.54) is 0 Å². The quantitative estimate of drug-likeness (QED) is 0.891. The third-order valence-electron chi connectivity index (χ3n) is 3.69. The molecule has 112 valence electrons. The molecule has 0 aliphatic carbocycles. The van der Waals surface area contributed by atoms with Crippen molar-refractivity contribution in [1.29, 1.82) is 0 Å². The fourth-order valence-electron chi connectivity index (χ4n) is 2.37. The maximum Gasteiger partial charge on any atom is 0.241 e. The molecule has 0 bridgehead atoms. The number of hydrogen-bond donors (Lipinski definition) is 2. The van der Waals surface area contributed by atoms with Gasteiger partial charge < -0.3 is 5.11 Å². The summed E-state index contributed by atoms with van der Waals surface area (Å²) in [5.41, 5.74) is 2.27. The van der Waals surface area contributed by atoms with Crippen molar-refractivity contribution in [3.8, 4) is 0 Å². The van der Waals surface area contributed by atoms with E-state index < -0.39 is 10.0 Å². The molecule has 0 atom stereocenters. The lowest BCUT2D eigenvalue weighted by Gasteiger charge is -2.23. The first-order chi connectivity index (χ1) is 9.44. The van der Waals surface area contributed by atoms with Gasteiger partial charge in [0.25, 0.3) is 0 Å². The third-order valence-corrected chi connectivity index (χ3v) is 6.39. The van der Waals surface area contributed by atoms with Crippen LogP contribution in [0.1, 0.15) is 29.5 Å². The van der Waals surface area contributed by atoms with Gasteiger partial charge in [0.2, 0.25) is 10.0 Å². The van der Waals surface area contributed by atoms with Crippen LogP contribution < -0.4 is 4.72 Å². The Bertz CT molecular complexity index is 578. The molecule has 2 N–H and O–H groups in total. The summed E-state index contributed by atoms with van der Waals surface area (Å²) >= 11 is 1.86. The lowest BCUT2D eigenvalue weighted by Crippen LogP contribution is -2.37. The molecule has 1 aliphatic rings. The van der Waals surface area contributed by atoms with Crippen molar-refractivity contribution in [2.75, 3.05) is 11.5 Å². The maximum absolute atomic E-state index is 12.5. The second kappa shape index (κ2) is 6.47. The topological polar surface area (TPSA) is 66.4 Å². The summed E-state index contributed by atoms with van der Waals surface area (Å²) in [5.74, 6) is 2.00. The number of rotatable bonds is 4. The van der Waals surface area contributed by atoms with Crippen LogP contribution in [-0.2, 0) is 16.6 Å². The standard InChI is InChI=1S/C14H21NO3S2/c1-10-7-12(9-16)8-14(11(10)2)20(17,18)15-13-3-5-19-6-4-13/h7-8,13,15-16H,3-6,9H2,1-2H3. The zero-order chi connectivity index (χ0) is 14.8. The van der Waals surface area contributed by atoms with E-state index in [2.05, 4.69) is 4.72 Å². The van der Waals surface area contributed by atoms with E-state index in [0.29, 0.717) is 10.5 Å². The molecular weight excluding hydrogens is 294 g/mol. The van der Waals surface area contributed by atoms with Crippen LogP contribution in [0.4, 0.5) is 0 Å². The summed E-state index contributed by atoms with van der Waals surface area (Å²) in [4.78, 5) is 0.291. The van der Waals surface area contributed by atoms with Crippen molar-refractivity contribution in [2.45, 2.75) is 44.2 Å². The first kappa shape index (κ1) is 15.8. The van der Waals surface area contributed by atoms with Gasteiger partial charge in [-0.3, -0.25) is 0 Å². The van der Waals surface area contributed by atoms with Crippen LogP contribution in [0.2, 0.25) is 0 Å². The first-order valence-electron chi connectivity index (χ1n) is 6.75. The van der Waals surface area contributed by atoms with Gasteiger partial charge in [-0.2, -0.15) is 11.8 Å². The number of hydrogen-bond acceptors (Lipinski definition) is 4. The third kappa shape index (κ3) is 3.55. The van der Waals surface area contributed by atoms with Gasteiger partial charge in [0.1, 0.15) is 0 Å². The van der Waals surface area contributed by atoms with Gasteiger partial charge in [0.15, 0.2) is 0 Å². The maximum atomic E-state index is 12.5. The fraction of sp³-hybridized carbons (Fsp3) is 0.571. The molecule has 1 heterocycles. The molecule has 1 aliphatic heterocycles. The molecule has 6 heteroatoms. The van der Waals surface area contributed by atoms with E-state index in [4.69, 9.17) is 0 Å². The number of nitrogens with one attached hydrogen (secondary N) is 1. The number of aliphatic hydroxyl groups is 1. The van der Waals surface area contributed by atoms with Gasteiger partial charge in [-0.1, -0.05) is 6.07 Å². The molecule has 1 saturated heterocycles. The zero-order valence-electron chi connectivity index (χ0n) is 11.8. The predicted molar refractivity (Wildman–Crippen MR) is 82.5 cm³/mol. The molecule has 1 aromatic rings. The highest BCUT2D eigenvalue weighted by Gasteiger charge is 2.24. The number of sulfonamides is 1. The van der Waals surface area contributed by atoms with Crippen molar-refractivity contribution in [2.24, 2.45) is 0 Å². The Morgan fingerprint density at radius 2 is 1.95 bits per heavy atom. The molecule has 20 heavy (non-hydrogen) atoms. The minimum absolute atomic E-state index is 0.0266. The smallest absolute Gasteiger partial charge is 0.241 e. The lowest BCUT2D eigenvalue weighted by atomic mass is 10.1. The Balaban J connectivity index is 2.30. The lowest BCUT2D eigenvalue weighted by molar-refractivity contribution is 0.281. The second-order valence-corrected chi connectivity index (χ2v) is 8.11. The predicted octanol–water partition coefficient (Wildman–Crippen LogP) is 1.97. The molecule has 2 rings (SSSR count). The average molecular weight is 315 g/mol. The Hall–Kier alpha value is -0.560. The Kier molecular flexibility index (Phi) is 5.12. The zero-order valence-corrected chi connectivity index (χ0v) is 13.5. The van der Waals surface area contributed by atoms with Gasteiger partial charge in [-0.25, -0.2) is 13.1 Å². The first-order valence-corrected chi connectivity index (χ1v) is 9.39. The van der Waals surface area contributed by atoms with Crippen LogP contribution in [-0.4, -0.2) is 31.1 Å². The number of thioether (sulfide) groups is 1. The van der Waals surface area contributed by atoms with E-state index in [1.54, 1.807) is 6.07 Å². The van der Waals surface area contributed by atoms with Crippen LogP contribution in [0.5, 0.6) is 0 Å². The van der Waals surface area contributed by atoms with Crippen molar-refractivity contribution >= 4 is 21.8 Å². The van der Waals surface area contributed by atoms with Crippen molar-refractivity contribution in [3.05, 3.63) is 28.8 Å². The van der Waals surface area contributed by atoms with Crippen LogP contribution in [0.3, 0.4) is 0 Å². The highest BCUT2D eigenvalue weighted by molar-refractivity contribution is 7.99. The average Bonchev–Trinajstić information content (AvgIpc) is 2.42. The van der Waals surface area contributed by atoms with Crippen molar-refractivity contribution in [1.82, 2.24) is 4.72 Å². The number of aryl methyl sites for hydroxylation is 1. The summed E-state index contributed by atoms with van der Waals surface area (Å²) in [6, 6.07) is 3.42. The molecule has 0 unspecified atom stereocenters. The van der Waals surface area contributed by atoms with E-state index in [0.717, 1.165) is 35.5 Å². The van der Waals surface area contributed by atoms with Gasteiger partial charge in [-0.05, 0) is 61.0 Å². The minimum Gasteiger partial charge on any atom is -0.392 e. The van der Waals surface area contributed by atoms with Crippen molar-refractivity contribution in [3.63, 3.8) is 0 Å². The van der Waals surface area contributed by atoms with Gasteiger partial charge in [-0.15, -0.1) is 0 Å². The fourth-order valence-corrected chi connectivity index (χ4v) is 5.15. The summed E-state index contributed by atoms with van der Waals surface area (Å²) < 4.78 is 27.9. The summed E-state index contributed by atoms with van der Waals surface area (Å²) in [6.45, 7) is 3.52. The molecule has 0 saturated carbocycles. The Morgan fingerprint density at radius 3 is 2.55 bits per heavy atom. The number of aliphatic hydroxyl groups excluding tert-OH is 1. The molecule has 1 aromatic carbocycles. The van der Waals surface area contributed by atoms with Crippen LogP contribution in [0, 0.1) is 13.8 Å². The SMILES string of the molecule is Cc1cc(CO)cc(S(=O)(=O)NC2CCSCC2)c1C. The van der Waals surface area contributed by atoms with E-state index in [1.807, 2.05) is 31.7 Å². The van der Waals surface area contributed by atoms with Crippen LogP contribution in [0.25, 0.3) is 0 Å². The Labute approximate surface area is 125 Å². The molecule has 4 nitrogen and oxygen atoms in total. The van der Waals surface area contributed by atoms with Crippen molar-refractivity contribution < 1.29 is 13.5 Å². The van der Waals surface area contributed by atoms with E-state index >= 15 is 0 Å². The monoisotopic (exact) mass is 315 g/mol. The largest absolute Gasteiger partial charge is 0.392 e. The summed E-state index contributed by atoms with van der Waals surface area (Å²) in [5, 5.41) is 9.25. The minimum atomic E-state index is -3.52. The molecule has 1 fully saturated rings. The van der Waals surface area contributed by atoms with Gasteiger partial charge >= 0.3 is 0 Å².